The van der Waals surface area contributed by atoms with Gasteiger partial charge < -0.3 is 10.2 Å². The molecule has 2 aliphatic rings. The maximum atomic E-state index is 13.2. The maximum Gasteiger partial charge on any atom is 0.254 e. The number of nitrogens with zero attached hydrogens (tertiary/aromatic N) is 2. The average molecular weight is 349 g/mol. The van der Waals surface area contributed by atoms with Gasteiger partial charge in [-0.3, -0.25) is 14.6 Å². The zero-order chi connectivity index (χ0) is 18.7. The number of hydrogen-bond donors (Lipinski definition) is 1. The number of amides is 2. The summed E-state index contributed by atoms with van der Waals surface area (Å²) in [6.45, 7) is 8.80. The Hall–Kier alpha value is -2.69. The quantitative estimate of drug-likeness (QED) is 0.902. The standard InChI is InChI=1S/C21H23N3O2/c1-20(2)12-24(17(20)14-6-5-9-22-11-14)18(25)13-7-8-16-15(10-13)21(3,4)19(26)23-16/h5-11,17H,12H2,1-4H3,(H,23,26). The normalized spacial score (nSPS) is 22.4. The second-order valence-electron chi connectivity index (χ2n) is 8.45. The molecular formula is C21H23N3O2. The lowest BCUT2D eigenvalue weighted by atomic mass is 9.71. The van der Waals surface area contributed by atoms with Crippen LogP contribution in [0.25, 0.3) is 0 Å². The number of benzene rings is 1. The first-order chi connectivity index (χ1) is 12.2. The fourth-order valence-corrected chi connectivity index (χ4v) is 4.15. The predicted octanol–water partition coefficient (Wildman–Crippen LogP) is 3.53. The van der Waals surface area contributed by atoms with Crippen LogP contribution in [0, 0.1) is 5.41 Å². The molecule has 0 bridgehead atoms. The van der Waals surface area contributed by atoms with Crippen LogP contribution in [0.15, 0.2) is 42.7 Å². The van der Waals surface area contributed by atoms with Gasteiger partial charge in [-0.25, -0.2) is 0 Å². The molecule has 1 fully saturated rings. The number of fused-ring (bicyclic) bond motifs is 1. The van der Waals surface area contributed by atoms with Gasteiger partial charge in [0, 0.05) is 35.6 Å². The van der Waals surface area contributed by atoms with Crippen LogP contribution < -0.4 is 5.32 Å². The fraction of sp³-hybridized carbons (Fsp3) is 0.381. The summed E-state index contributed by atoms with van der Waals surface area (Å²) in [6, 6.07) is 9.42. The molecule has 1 N–H and O–H groups in total. The van der Waals surface area contributed by atoms with E-state index in [0.29, 0.717) is 12.1 Å². The fourth-order valence-electron chi connectivity index (χ4n) is 4.15. The molecular weight excluding hydrogens is 326 g/mol. The molecule has 0 aliphatic carbocycles. The molecule has 26 heavy (non-hydrogen) atoms. The van der Waals surface area contributed by atoms with E-state index in [9.17, 15) is 9.59 Å². The summed E-state index contributed by atoms with van der Waals surface area (Å²) < 4.78 is 0. The number of rotatable bonds is 2. The van der Waals surface area contributed by atoms with Gasteiger partial charge in [0.2, 0.25) is 5.91 Å². The summed E-state index contributed by atoms with van der Waals surface area (Å²) in [5, 5.41) is 2.89. The lowest BCUT2D eigenvalue weighted by Crippen LogP contribution is -2.57. The van der Waals surface area contributed by atoms with Gasteiger partial charge in [-0.1, -0.05) is 19.9 Å². The predicted molar refractivity (Wildman–Crippen MR) is 99.9 cm³/mol. The van der Waals surface area contributed by atoms with E-state index < -0.39 is 5.41 Å². The minimum Gasteiger partial charge on any atom is -0.330 e. The van der Waals surface area contributed by atoms with Gasteiger partial charge >= 0.3 is 0 Å². The first kappa shape index (κ1) is 16.8. The van der Waals surface area contributed by atoms with Crippen LogP contribution in [0.1, 0.15) is 55.2 Å². The highest BCUT2D eigenvalue weighted by molar-refractivity contribution is 6.07. The highest BCUT2D eigenvalue weighted by Gasteiger charge is 2.49. The van der Waals surface area contributed by atoms with E-state index in [-0.39, 0.29) is 23.3 Å². The first-order valence-electron chi connectivity index (χ1n) is 8.89. The minimum atomic E-state index is -0.622. The van der Waals surface area contributed by atoms with E-state index >= 15 is 0 Å². The van der Waals surface area contributed by atoms with Gasteiger partial charge in [0.15, 0.2) is 0 Å². The molecule has 1 saturated heterocycles. The molecule has 3 heterocycles. The van der Waals surface area contributed by atoms with Gasteiger partial charge in [-0.2, -0.15) is 0 Å². The van der Waals surface area contributed by atoms with Crippen LogP contribution in [-0.2, 0) is 10.2 Å². The summed E-state index contributed by atoms with van der Waals surface area (Å²) in [7, 11) is 0. The van der Waals surface area contributed by atoms with Crippen molar-refractivity contribution in [2.24, 2.45) is 5.41 Å². The van der Waals surface area contributed by atoms with Crippen LogP contribution >= 0.6 is 0 Å². The lowest BCUT2D eigenvalue weighted by Gasteiger charge is -2.54. The van der Waals surface area contributed by atoms with Gasteiger partial charge in [-0.05, 0) is 49.2 Å². The number of carbonyl (C=O) groups excluding carboxylic acids is 2. The van der Waals surface area contributed by atoms with E-state index in [4.69, 9.17) is 0 Å². The SMILES string of the molecule is CC1(C)C(=O)Nc2ccc(C(=O)N3CC(C)(C)C3c3cccnc3)cc21. The Morgan fingerprint density at radius 3 is 2.65 bits per heavy atom. The van der Waals surface area contributed by atoms with Crippen molar-refractivity contribution in [3.05, 3.63) is 59.4 Å². The Balaban J connectivity index is 1.67. The molecule has 2 aliphatic heterocycles. The molecule has 0 radical (unpaired) electrons. The van der Waals surface area contributed by atoms with E-state index in [1.807, 2.05) is 49.2 Å². The number of anilines is 1. The molecule has 1 aromatic heterocycles. The highest BCUT2D eigenvalue weighted by Crippen LogP contribution is 2.49. The number of pyridine rings is 1. The largest absolute Gasteiger partial charge is 0.330 e. The van der Waals surface area contributed by atoms with Crippen molar-refractivity contribution in [2.75, 3.05) is 11.9 Å². The molecule has 1 unspecified atom stereocenters. The second kappa shape index (κ2) is 5.40. The zero-order valence-corrected chi connectivity index (χ0v) is 15.5. The Morgan fingerprint density at radius 2 is 2.00 bits per heavy atom. The third kappa shape index (κ3) is 2.34. The number of carbonyl (C=O) groups is 2. The van der Waals surface area contributed by atoms with Crippen molar-refractivity contribution in [2.45, 2.75) is 39.2 Å². The van der Waals surface area contributed by atoms with Gasteiger partial charge in [0.25, 0.3) is 5.91 Å². The van der Waals surface area contributed by atoms with Crippen molar-refractivity contribution >= 4 is 17.5 Å². The van der Waals surface area contributed by atoms with E-state index in [2.05, 4.69) is 24.1 Å². The van der Waals surface area contributed by atoms with Crippen LogP contribution in [0.5, 0.6) is 0 Å². The van der Waals surface area contributed by atoms with E-state index in [0.717, 1.165) is 16.8 Å². The highest BCUT2D eigenvalue weighted by atomic mass is 16.2. The number of likely N-dealkylation sites (tertiary alicyclic amines) is 1. The number of aromatic nitrogens is 1. The van der Waals surface area contributed by atoms with Crippen molar-refractivity contribution in [1.82, 2.24) is 9.88 Å². The van der Waals surface area contributed by atoms with Crippen LogP contribution in [-0.4, -0.2) is 28.2 Å². The molecule has 134 valence electrons. The van der Waals surface area contributed by atoms with Gasteiger partial charge in [0.1, 0.15) is 0 Å². The molecule has 1 aromatic carbocycles. The van der Waals surface area contributed by atoms with Crippen molar-refractivity contribution in [3.63, 3.8) is 0 Å². The third-order valence-electron chi connectivity index (χ3n) is 5.65. The second-order valence-corrected chi connectivity index (χ2v) is 8.45. The van der Waals surface area contributed by atoms with Crippen molar-refractivity contribution in [3.8, 4) is 0 Å². The minimum absolute atomic E-state index is 0.00359. The summed E-state index contributed by atoms with van der Waals surface area (Å²) in [6.07, 6.45) is 3.58. The Kier molecular flexibility index (Phi) is 3.48. The Morgan fingerprint density at radius 1 is 1.23 bits per heavy atom. The average Bonchev–Trinajstić information content (AvgIpc) is 2.82. The van der Waals surface area contributed by atoms with E-state index in [1.165, 1.54) is 0 Å². The first-order valence-corrected chi connectivity index (χ1v) is 8.89. The monoisotopic (exact) mass is 349 g/mol. The van der Waals surface area contributed by atoms with Crippen LogP contribution in [0.3, 0.4) is 0 Å². The third-order valence-corrected chi connectivity index (χ3v) is 5.65. The lowest BCUT2D eigenvalue weighted by molar-refractivity contribution is -0.119. The molecule has 1 atom stereocenters. The topological polar surface area (TPSA) is 62.3 Å². The molecule has 4 rings (SSSR count). The zero-order valence-electron chi connectivity index (χ0n) is 15.5. The number of nitrogens with one attached hydrogen (secondary N) is 1. The molecule has 2 amide bonds. The Bertz CT molecular complexity index is 903. The van der Waals surface area contributed by atoms with Crippen LogP contribution in [0.4, 0.5) is 5.69 Å². The van der Waals surface area contributed by atoms with Crippen molar-refractivity contribution in [1.29, 1.82) is 0 Å². The summed E-state index contributed by atoms with van der Waals surface area (Å²) in [5.41, 5.74) is 2.73. The van der Waals surface area contributed by atoms with Crippen LogP contribution in [0.2, 0.25) is 0 Å². The molecule has 0 spiro atoms. The van der Waals surface area contributed by atoms with E-state index in [1.54, 1.807) is 12.3 Å². The van der Waals surface area contributed by atoms with Gasteiger partial charge in [-0.15, -0.1) is 0 Å². The molecule has 5 heteroatoms. The molecule has 2 aromatic rings. The number of hydrogen-bond acceptors (Lipinski definition) is 3. The molecule has 5 nitrogen and oxygen atoms in total. The maximum absolute atomic E-state index is 13.2. The molecule has 0 saturated carbocycles. The summed E-state index contributed by atoms with van der Waals surface area (Å²) in [4.78, 5) is 31.4. The van der Waals surface area contributed by atoms with Gasteiger partial charge in [0.05, 0.1) is 11.5 Å². The summed E-state index contributed by atoms with van der Waals surface area (Å²) in [5.74, 6) is -0.0356. The van der Waals surface area contributed by atoms with Crippen molar-refractivity contribution < 1.29 is 9.59 Å². The smallest absolute Gasteiger partial charge is 0.254 e. The Labute approximate surface area is 153 Å². The summed E-state index contributed by atoms with van der Waals surface area (Å²) >= 11 is 0.